The molecule has 4 heteroatoms. The van der Waals surface area contributed by atoms with Crippen LogP contribution in [0.3, 0.4) is 0 Å². The van der Waals surface area contributed by atoms with Gasteiger partial charge in [0.25, 0.3) is 0 Å². The highest BCUT2D eigenvalue weighted by Gasteiger charge is 2.02. The molecule has 0 aromatic carbocycles. The third-order valence-electron chi connectivity index (χ3n) is 2.10. The van der Waals surface area contributed by atoms with E-state index in [0.29, 0.717) is 13.2 Å². The minimum atomic E-state index is 0.489. The van der Waals surface area contributed by atoms with E-state index in [4.69, 9.17) is 4.74 Å². The maximum absolute atomic E-state index is 5.00. The van der Waals surface area contributed by atoms with Crippen molar-refractivity contribution in [1.29, 1.82) is 0 Å². The van der Waals surface area contributed by atoms with Crippen molar-refractivity contribution in [3.05, 3.63) is 35.8 Å². The topological polar surface area (TPSA) is 46.0 Å². The third-order valence-corrected chi connectivity index (χ3v) is 2.10. The van der Waals surface area contributed by atoms with Crippen LogP contribution in [0.1, 0.15) is 19.8 Å². The molecule has 0 saturated carbocycles. The van der Waals surface area contributed by atoms with E-state index in [1.165, 1.54) is 0 Å². The van der Waals surface area contributed by atoms with Crippen molar-refractivity contribution in [3.63, 3.8) is 0 Å². The molecule has 0 aromatic rings. The highest BCUT2D eigenvalue weighted by Crippen LogP contribution is 2.08. The fourth-order valence-electron chi connectivity index (χ4n) is 1.38. The molecule has 0 atom stereocenters. The van der Waals surface area contributed by atoms with Gasteiger partial charge in [0, 0.05) is 18.5 Å². The van der Waals surface area contributed by atoms with Gasteiger partial charge in [0.05, 0.1) is 12.3 Å². The van der Waals surface area contributed by atoms with Crippen LogP contribution in [0.2, 0.25) is 0 Å². The normalized spacial score (nSPS) is 15.1. The lowest BCUT2D eigenvalue weighted by Crippen LogP contribution is -2.13. The number of methoxy groups -OCH3 is 1. The summed E-state index contributed by atoms with van der Waals surface area (Å²) < 4.78 is 5.00. The second-order valence-corrected chi connectivity index (χ2v) is 3.66. The highest BCUT2D eigenvalue weighted by molar-refractivity contribution is 5.21. The first kappa shape index (κ1) is 12.6. The van der Waals surface area contributed by atoms with Crippen LogP contribution < -0.4 is 5.32 Å². The summed E-state index contributed by atoms with van der Waals surface area (Å²) in [7, 11) is 1.65. The van der Waals surface area contributed by atoms with Crippen molar-refractivity contribution in [1.82, 2.24) is 5.32 Å². The van der Waals surface area contributed by atoms with E-state index < -0.39 is 0 Å². The first-order chi connectivity index (χ1) is 7.76. The van der Waals surface area contributed by atoms with E-state index in [1.807, 2.05) is 12.2 Å². The van der Waals surface area contributed by atoms with Gasteiger partial charge in [-0.3, -0.25) is 0 Å². The number of nitrogens with one attached hydrogen (secondary N) is 1. The molecule has 1 N–H and O–H groups in total. The van der Waals surface area contributed by atoms with Crippen LogP contribution in [0.5, 0.6) is 0 Å². The van der Waals surface area contributed by atoms with E-state index in [0.717, 1.165) is 29.9 Å². The number of azo groups is 1. The van der Waals surface area contributed by atoms with Crippen LogP contribution in [-0.4, -0.2) is 20.3 Å². The number of rotatable bonds is 6. The molecule has 0 aromatic heterocycles. The first-order valence-corrected chi connectivity index (χ1v) is 5.47. The average Bonchev–Trinajstić information content (AvgIpc) is 2.45. The second-order valence-electron chi connectivity index (χ2n) is 3.66. The Morgan fingerprint density at radius 1 is 1.56 bits per heavy atom. The Morgan fingerprint density at radius 2 is 2.38 bits per heavy atom. The molecule has 0 unspecified atom stereocenters. The van der Waals surface area contributed by atoms with Crippen molar-refractivity contribution in [2.75, 3.05) is 20.3 Å². The zero-order valence-corrected chi connectivity index (χ0v) is 9.99. The molecule has 1 aliphatic heterocycles. The fourth-order valence-corrected chi connectivity index (χ4v) is 1.38. The molecule has 0 fully saturated rings. The van der Waals surface area contributed by atoms with E-state index in [9.17, 15) is 0 Å². The summed E-state index contributed by atoms with van der Waals surface area (Å²) in [6.45, 7) is 7.14. The van der Waals surface area contributed by atoms with Crippen LogP contribution in [0.4, 0.5) is 0 Å². The van der Waals surface area contributed by atoms with Crippen LogP contribution >= 0.6 is 0 Å². The summed E-state index contributed by atoms with van der Waals surface area (Å²) in [4.78, 5) is 0. The molecule has 1 rings (SSSR count). The number of allylic oxidation sites excluding steroid dienone is 3. The Hall–Kier alpha value is -1.42. The van der Waals surface area contributed by atoms with Gasteiger partial charge in [-0.05, 0) is 18.6 Å². The largest absolute Gasteiger partial charge is 0.378 e. The lowest BCUT2D eigenvalue weighted by molar-refractivity contribution is 0.224. The monoisotopic (exact) mass is 221 g/mol. The minimum Gasteiger partial charge on any atom is -0.378 e. The van der Waals surface area contributed by atoms with Crippen molar-refractivity contribution >= 4 is 0 Å². The van der Waals surface area contributed by atoms with E-state index in [1.54, 1.807) is 7.11 Å². The van der Waals surface area contributed by atoms with Gasteiger partial charge in [-0.1, -0.05) is 19.9 Å². The molecular formula is C12H19N3O. The SMILES string of the molecule is C=C(CCC)NC1=CC=C(COC)N=NC1. The molecule has 4 nitrogen and oxygen atoms in total. The Morgan fingerprint density at radius 3 is 3.06 bits per heavy atom. The lowest BCUT2D eigenvalue weighted by Gasteiger charge is -2.09. The van der Waals surface area contributed by atoms with Gasteiger partial charge in [0.15, 0.2) is 0 Å². The quantitative estimate of drug-likeness (QED) is 0.749. The van der Waals surface area contributed by atoms with E-state index in [2.05, 4.69) is 29.0 Å². The number of hydrogen-bond donors (Lipinski definition) is 1. The molecule has 0 bridgehead atoms. The molecule has 0 amide bonds. The van der Waals surface area contributed by atoms with Gasteiger partial charge in [0.2, 0.25) is 0 Å². The Labute approximate surface area is 96.8 Å². The first-order valence-electron chi connectivity index (χ1n) is 5.47. The summed E-state index contributed by atoms with van der Waals surface area (Å²) >= 11 is 0. The van der Waals surface area contributed by atoms with Crippen LogP contribution in [0.25, 0.3) is 0 Å². The summed E-state index contributed by atoms with van der Waals surface area (Å²) in [5, 5.41) is 11.4. The summed E-state index contributed by atoms with van der Waals surface area (Å²) in [5.41, 5.74) is 2.88. The van der Waals surface area contributed by atoms with E-state index >= 15 is 0 Å². The Balaban J connectivity index is 2.56. The number of hydrogen-bond acceptors (Lipinski definition) is 4. The zero-order chi connectivity index (χ0) is 11.8. The van der Waals surface area contributed by atoms with Crippen LogP contribution in [0, 0.1) is 0 Å². The summed E-state index contributed by atoms with van der Waals surface area (Å²) in [6, 6.07) is 0. The van der Waals surface area contributed by atoms with Gasteiger partial charge in [-0.2, -0.15) is 10.2 Å². The minimum absolute atomic E-state index is 0.489. The Bertz CT molecular complexity index is 329. The maximum atomic E-state index is 5.00. The maximum Gasteiger partial charge on any atom is 0.100 e. The molecule has 1 heterocycles. The average molecular weight is 221 g/mol. The molecular weight excluding hydrogens is 202 g/mol. The zero-order valence-electron chi connectivity index (χ0n) is 9.99. The van der Waals surface area contributed by atoms with Crippen molar-refractivity contribution < 1.29 is 4.74 Å². The summed E-state index contributed by atoms with van der Waals surface area (Å²) in [6.07, 6.45) is 5.96. The standard InChI is InChI=1S/C12H19N3O/c1-4-5-10(2)14-11-6-7-12(9-16-3)15-13-8-11/h6-7,14H,2,4-5,8-9H2,1,3H3. The molecule has 16 heavy (non-hydrogen) atoms. The lowest BCUT2D eigenvalue weighted by atomic mass is 10.2. The van der Waals surface area contributed by atoms with Crippen LogP contribution in [0.15, 0.2) is 46.1 Å². The number of ether oxygens (including phenoxy) is 1. The third kappa shape index (κ3) is 4.40. The Kier molecular flexibility index (Phi) is 5.50. The predicted molar refractivity (Wildman–Crippen MR) is 64.9 cm³/mol. The van der Waals surface area contributed by atoms with Gasteiger partial charge < -0.3 is 10.1 Å². The van der Waals surface area contributed by atoms with Crippen molar-refractivity contribution in [2.45, 2.75) is 19.8 Å². The number of nitrogens with zero attached hydrogens (tertiary/aromatic N) is 2. The second kappa shape index (κ2) is 6.95. The van der Waals surface area contributed by atoms with Gasteiger partial charge in [-0.15, -0.1) is 0 Å². The molecule has 0 aliphatic carbocycles. The molecule has 0 spiro atoms. The van der Waals surface area contributed by atoms with Gasteiger partial charge in [0.1, 0.15) is 6.54 Å². The molecule has 1 aliphatic rings. The smallest absolute Gasteiger partial charge is 0.100 e. The van der Waals surface area contributed by atoms with Crippen molar-refractivity contribution in [2.24, 2.45) is 10.2 Å². The molecule has 88 valence electrons. The van der Waals surface area contributed by atoms with Gasteiger partial charge in [-0.25, -0.2) is 0 Å². The van der Waals surface area contributed by atoms with Gasteiger partial charge >= 0.3 is 0 Å². The van der Waals surface area contributed by atoms with E-state index in [-0.39, 0.29) is 0 Å². The molecule has 0 radical (unpaired) electrons. The highest BCUT2D eigenvalue weighted by atomic mass is 16.5. The fraction of sp³-hybridized carbons (Fsp3) is 0.500. The van der Waals surface area contributed by atoms with Crippen molar-refractivity contribution in [3.8, 4) is 0 Å². The summed E-state index contributed by atoms with van der Waals surface area (Å²) in [5.74, 6) is 0. The van der Waals surface area contributed by atoms with Crippen LogP contribution in [-0.2, 0) is 4.74 Å². The predicted octanol–water partition coefficient (Wildman–Crippen LogP) is 2.77. The molecule has 0 saturated heterocycles.